The predicted molar refractivity (Wildman–Crippen MR) is 67.5 cm³/mol. The largest absolute Gasteiger partial charge is 0.391 e. The molecule has 0 radical (unpaired) electrons. The molecule has 96 valence electrons. The van der Waals surface area contributed by atoms with Gasteiger partial charge in [-0.15, -0.1) is 0 Å². The number of aliphatic hydroxyl groups is 1. The topological polar surface area (TPSA) is 66.4 Å². The second kappa shape index (κ2) is 4.94. The molecule has 0 spiro atoms. The standard InChI is InChI=1S/C11H16ClNO3S/c1-8(14)11(2,3)13-17(15,16)10-7-5-4-6-9(10)12/h4-8,13-14H,1-3H3. The highest BCUT2D eigenvalue weighted by Crippen LogP contribution is 2.22. The first kappa shape index (κ1) is 14.4. The summed E-state index contributed by atoms with van der Waals surface area (Å²) in [6, 6.07) is 6.17. The van der Waals surface area contributed by atoms with E-state index in [9.17, 15) is 13.5 Å². The summed E-state index contributed by atoms with van der Waals surface area (Å²) in [4.78, 5) is 0.00962. The van der Waals surface area contributed by atoms with Crippen LogP contribution in [0.15, 0.2) is 29.2 Å². The van der Waals surface area contributed by atoms with Gasteiger partial charge in [0.1, 0.15) is 4.90 Å². The van der Waals surface area contributed by atoms with Crippen molar-refractivity contribution < 1.29 is 13.5 Å². The maximum Gasteiger partial charge on any atom is 0.242 e. The van der Waals surface area contributed by atoms with Crippen molar-refractivity contribution in [2.75, 3.05) is 0 Å². The Balaban J connectivity index is 3.11. The van der Waals surface area contributed by atoms with Crippen LogP contribution in [0, 0.1) is 0 Å². The molecule has 0 saturated heterocycles. The number of benzene rings is 1. The minimum absolute atomic E-state index is 0.00962. The first-order valence-corrected chi connectivity index (χ1v) is 6.99. The highest BCUT2D eigenvalue weighted by atomic mass is 35.5. The van der Waals surface area contributed by atoms with Gasteiger partial charge in [-0.25, -0.2) is 13.1 Å². The van der Waals surface area contributed by atoms with Crippen LogP contribution in [0.25, 0.3) is 0 Å². The molecule has 0 aliphatic carbocycles. The lowest BCUT2D eigenvalue weighted by atomic mass is 10.0. The Kier molecular flexibility index (Phi) is 4.19. The molecule has 0 bridgehead atoms. The quantitative estimate of drug-likeness (QED) is 0.882. The van der Waals surface area contributed by atoms with E-state index in [4.69, 9.17) is 11.6 Å². The summed E-state index contributed by atoms with van der Waals surface area (Å²) in [6.07, 6.45) is -0.820. The molecule has 0 aliphatic heterocycles. The molecule has 1 aromatic carbocycles. The lowest BCUT2D eigenvalue weighted by molar-refractivity contribution is 0.111. The third kappa shape index (κ3) is 3.42. The summed E-state index contributed by atoms with van der Waals surface area (Å²) in [7, 11) is -3.74. The third-order valence-corrected chi connectivity index (χ3v) is 4.74. The van der Waals surface area contributed by atoms with Crippen LogP contribution in [0.3, 0.4) is 0 Å². The molecule has 0 heterocycles. The molecule has 2 N–H and O–H groups in total. The summed E-state index contributed by atoms with van der Waals surface area (Å²) >= 11 is 5.84. The monoisotopic (exact) mass is 277 g/mol. The first-order valence-electron chi connectivity index (χ1n) is 5.13. The van der Waals surface area contributed by atoms with E-state index in [1.54, 1.807) is 26.0 Å². The smallest absolute Gasteiger partial charge is 0.242 e. The van der Waals surface area contributed by atoms with Gasteiger partial charge < -0.3 is 5.11 Å². The van der Waals surface area contributed by atoms with E-state index in [-0.39, 0.29) is 9.92 Å². The predicted octanol–water partition coefficient (Wildman–Crippen LogP) is 1.78. The minimum atomic E-state index is -3.74. The van der Waals surface area contributed by atoms with Crippen LogP contribution in [-0.2, 0) is 10.0 Å². The van der Waals surface area contributed by atoms with Crippen molar-refractivity contribution in [3.05, 3.63) is 29.3 Å². The molecule has 1 aromatic rings. The molecule has 1 atom stereocenters. The zero-order valence-electron chi connectivity index (χ0n) is 9.94. The van der Waals surface area contributed by atoms with Gasteiger partial charge in [0.25, 0.3) is 0 Å². The lowest BCUT2D eigenvalue weighted by Crippen LogP contribution is -2.50. The van der Waals surface area contributed by atoms with Crippen LogP contribution in [0.5, 0.6) is 0 Å². The van der Waals surface area contributed by atoms with E-state index in [0.29, 0.717) is 0 Å². The maximum atomic E-state index is 12.1. The molecule has 0 fully saturated rings. The van der Waals surface area contributed by atoms with Gasteiger partial charge in [0.05, 0.1) is 16.7 Å². The molecule has 4 nitrogen and oxygen atoms in total. The van der Waals surface area contributed by atoms with Crippen molar-refractivity contribution in [2.24, 2.45) is 0 Å². The second-order valence-electron chi connectivity index (χ2n) is 4.43. The van der Waals surface area contributed by atoms with Gasteiger partial charge in [-0.05, 0) is 32.9 Å². The van der Waals surface area contributed by atoms with Crippen LogP contribution >= 0.6 is 11.6 Å². The van der Waals surface area contributed by atoms with Gasteiger partial charge in [0.2, 0.25) is 10.0 Å². The van der Waals surface area contributed by atoms with Crippen molar-refractivity contribution in [2.45, 2.75) is 37.3 Å². The van der Waals surface area contributed by atoms with E-state index in [1.165, 1.54) is 19.1 Å². The molecular weight excluding hydrogens is 262 g/mol. The molecule has 0 saturated carbocycles. The first-order chi connectivity index (χ1) is 7.67. The Labute approximate surface area is 107 Å². The van der Waals surface area contributed by atoms with Crippen LogP contribution in [-0.4, -0.2) is 25.2 Å². The Morgan fingerprint density at radius 2 is 1.88 bits per heavy atom. The van der Waals surface area contributed by atoms with Crippen molar-refractivity contribution in [1.82, 2.24) is 4.72 Å². The van der Waals surface area contributed by atoms with Crippen LogP contribution in [0.2, 0.25) is 5.02 Å². The van der Waals surface area contributed by atoms with Gasteiger partial charge in [-0.2, -0.15) is 0 Å². The molecule has 17 heavy (non-hydrogen) atoms. The van der Waals surface area contributed by atoms with Crippen molar-refractivity contribution in [1.29, 1.82) is 0 Å². The Morgan fingerprint density at radius 3 is 2.35 bits per heavy atom. The van der Waals surface area contributed by atoms with E-state index in [2.05, 4.69) is 4.72 Å². The fourth-order valence-corrected chi connectivity index (χ4v) is 3.15. The SMILES string of the molecule is CC(O)C(C)(C)NS(=O)(=O)c1ccccc1Cl. The normalized spacial score (nSPS) is 14.6. The molecular formula is C11H16ClNO3S. The second-order valence-corrected chi connectivity index (χ2v) is 6.49. The van der Waals surface area contributed by atoms with Crippen LogP contribution in [0.4, 0.5) is 0 Å². The number of sulfonamides is 1. The molecule has 0 aromatic heterocycles. The van der Waals surface area contributed by atoms with Crippen LogP contribution < -0.4 is 4.72 Å². The highest BCUT2D eigenvalue weighted by molar-refractivity contribution is 7.89. The minimum Gasteiger partial charge on any atom is -0.391 e. The van der Waals surface area contributed by atoms with Crippen LogP contribution in [0.1, 0.15) is 20.8 Å². The number of hydrogen-bond acceptors (Lipinski definition) is 3. The van der Waals surface area contributed by atoms with E-state index in [0.717, 1.165) is 0 Å². The van der Waals surface area contributed by atoms with Gasteiger partial charge in [-0.1, -0.05) is 23.7 Å². The molecule has 1 rings (SSSR count). The van der Waals surface area contributed by atoms with E-state index in [1.807, 2.05) is 0 Å². The maximum absolute atomic E-state index is 12.1. The van der Waals surface area contributed by atoms with Crippen molar-refractivity contribution >= 4 is 21.6 Å². The molecule has 1 unspecified atom stereocenters. The summed E-state index contributed by atoms with van der Waals surface area (Å²) in [6.45, 7) is 4.73. The summed E-state index contributed by atoms with van der Waals surface area (Å²) in [5.41, 5.74) is -0.960. The van der Waals surface area contributed by atoms with Gasteiger partial charge in [0, 0.05) is 0 Å². The summed E-state index contributed by atoms with van der Waals surface area (Å²) in [5.74, 6) is 0. The average molecular weight is 278 g/mol. The summed E-state index contributed by atoms with van der Waals surface area (Å²) in [5, 5.41) is 9.65. The molecule has 0 amide bonds. The Bertz CT molecular complexity index is 497. The number of aliphatic hydroxyl groups excluding tert-OH is 1. The van der Waals surface area contributed by atoms with E-state index < -0.39 is 21.7 Å². The van der Waals surface area contributed by atoms with Gasteiger partial charge in [-0.3, -0.25) is 0 Å². The fraction of sp³-hybridized carbons (Fsp3) is 0.455. The number of rotatable bonds is 4. The number of nitrogens with one attached hydrogen (secondary N) is 1. The Morgan fingerprint density at radius 1 is 1.35 bits per heavy atom. The molecule has 6 heteroatoms. The zero-order valence-corrected chi connectivity index (χ0v) is 11.5. The van der Waals surface area contributed by atoms with Crippen molar-refractivity contribution in [3.8, 4) is 0 Å². The summed E-state index contributed by atoms with van der Waals surface area (Å²) < 4.78 is 26.6. The lowest BCUT2D eigenvalue weighted by Gasteiger charge is -2.29. The Hall–Kier alpha value is -0.620. The average Bonchev–Trinajstić information content (AvgIpc) is 2.16. The highest BCUT2D eigenvalue weighted by Gasteiger charge is 2.31. The van der Waals surface area contributed by atoms with Gasteiger partial charge >= 0.3 is 0 Å². The van der Waals surface area contributed by atoms with Crippen molar-refractivity contribution in [3.63, 3.8) is 0 Å². The van der Waals surface area contributed by atoms with Gasteiger partial charge in [0.15, 0.2) is 0 Å². The number of halogens is 1. The zero-order chi connectivity index (χ0) is 13.3. The number of hydrogen-bond donors (Lipinski definition) is 2. The fourth-order valence-electron chi connectivity index (χ4n) is 1.15. The molecule has 0 aliphatic rings. The van der Waals surface area contributed by atoms with E-state index >= 15 is 0 Å². The third-order valence-electron chi connectivity index (χ3n) is 2.57.